The Morgan fingerprint density at radius 2 is 2.21 bits per heavy atom. The van der Waals surface area contributed by atoms with E-state index in [1.54, 1.807) is 12.3 Å². The van der Waals surface area contributed by atoms with Gasteiger partial charge in [0.1, 0.15) is 15.9 Å². The Bertz CT molecular complexity index is 592. The molecule has 0 radical (unpaired) electrons. The van der Waals surface area contributed by atoms with Crippen molar-refractivity contribution in [3.05, 3.63) is 24.0 Å². The van der Waals surface area contributed by atoms with E-state index in [0.29, 0.717) is 25.1 Å². The number of rotatable bonds is 2. The van der Waals surface area contributed by atoms with Crippen molar-refractivity contribution in [3.63, 3.8) is 0 Å². The molecule has 0 spiro atoms. The molecule has 19 heavy (non-hydrogen) atoms. The van der Waals surface area contributed by atoms with Gasteiger partial charge < -0.3 is 4.90 Å². The van der Waals surface area contributed by atoms with Gasteiger partial charge in [-0.15, -0.1) is 0 Å². The Labute approximate surface area is 113 Å². The van der Waals surface area contributed by atoms with Crippen LogP contribution in [-0.2, 0) is 9.84 Å². The van der Waals surface area contributed by atoms with Gasteiger partial charge in [0.15, 0.2) is 5.69 Å². The number of anilines is 1. The molecule has 0 aliphatic carbocycles. The molecule has 1 aromatic heterocycles. The maximum Gasteiger partial charge on any atom is 0.163 e. The molecule has 0 N–H and O–H groups in total. The maximum atomic E-state index is 11.6. The summed E-state index contributed by atoms with van der Waals surface area (Å²) < 4.78 is 23.2. The van der Waals surface area contributed by atoms with Crippen molar-refractivity contribution in [2.24, 2.45) is 0 Å². The monoisotopic (exact) mass is 279 g/mol. The van der Waals surface area contributed by atoms with Crippen molar-refractivity contribution in [2.45, 2.75) is 24.5 Å². The lowest BCUT2D eigenvalue weighted by atomic mass is 10.2. The zero-order chi connectivity index (χ0) is 13.9. The first-order valence-electron chi connectivity index (χ1n) is 6.31. The van der Waals surface area contributed by atoms with Crippen molar-refractivity contribution in [1.82, 2.24) is 4.98 Å². The molecule has 2 heterocycles. The van der Waals surface area contributed by atoms with Gasteiger partial charge in [-0.05, 0) is 31.4 Å². The molecule has 1 saturated heterocycles. The summed E-state index contributed by atoms with van der Waals surface area (Å²) in [5, 5.41) is 8.80. The van der Waals surface area contributed by atoms with E-state index in [1.165, 1.54) is 6.26 Å². The van der Waals surface area contributed by atoms with Crippen LogP contribution in [0.4, 0.5) is 5.69 Å². The van der Waals surface area contributed by atoms with E-state index in [1.807, 2.05) is 6.07 Å². The van der Waals surface area contributed by atoms with Gasteiger partial charge >= 0.3 is 0 Å². The third kappa shape index (κ3) is 3.24. The average molecular weight is 279 g/mol. The van der Waals surface area contributed by atoms with Crippen LogP contribution in [0.1, 0.15) is 25.0 Å². The number of pyridine rings is 1. The Morgan fingerprint density at radius 1 is 1.42 bits per heavy atom. The van der Waals surface area contributed by atoms with Crippen LogP contribution in [0.2, 0.25) is 0 Å². The first-order chi connectivity index (χ1) is 9.02. The molecule has 2 rings (SSSR count). The van der Waals surface area contributed by atoms with Gasteiger partial charge in [-0.2, -0.15) is 5.26 Å². The Hall–Kier alpha value is -1.61. The highest BCUT2D eigenvalue weighted by atomic mass is 32.2. The van der Waals surface area contributed by atoms with Crippen LogP contribution >= 0.6 is 0 Å². The van der Waals surface area contributed by atoms with E-state index in [2.05, 4.69) is 16.0 Å². The van der Waals surface area contributed by atoms with E-state index in [0.717, 1.165) is 18.7 Å². The Morgan fingerprint density at radius 3 is 2.89 bits per heavy atom. The van der Waals surface area contributed by atoms with E-state index in [4.69, 9.17) is 5.26 Å². The fourth-order valence-corrected chi connectivity index (χ4v) is 3.60. The third-order valence-electron chi connectivity index (χ3n) is 3.51. The smallest absolute Gasteiger partial charge is 0.163 e. The predicted molar refractivity (Wildman–Crippen MR) is 73.6 cm³/mol. The normalized spacial score (nSPS) is 20.6. The van der Waals surface area contributed by atoms with Crippen LogP contribution in [0.5, 0.6) is 0 Å². The van der Waals surface area contributed by atoms with Crippen LogP contribution in [0.3, 0.4) is 0 Å². The Balaban J connectivity index is 2.18. The predicted octanol–water partition coefficient (Wildman–Crippen LogP) is 1.36. The molecule has 102 valence electrons. The minimum Gasteiger partial charge on any atom is -0.369 e. The lowest BCUT2D eigenvalue weighted by molar-refractivity contribution is 0.573. The molecule has 0 bridgehead atoms. The van der Waals surface area contributed by atoms with Crippen molar-refractivity contribution >= 4 is 15.5 Å². The second kappa shape index (κ2) is 5.57. The Kier molecular flexibility index (Phi) is 4.05. The van der Waals surface area contributed by atoms with Crippen LogP contribution in [-0.4, -0.2) is 38.0 Å². The number of nitrogens with zero attached hydrogens (tertiary/aromatic N) is 3. The van der Waals surface area contributed by atoms with Crippen LogP contribution < -0.4 is 4.90 Å². The summed E-state index contributed by atoms with van der Waals surface area (Å²) in [7, 11) is -2.98. The molecule has 0 saturated carbocycles. The summed E-state index contributed by atoms with van der Waals surface area (Å²) in [6.45, 7) is 1.42. The molecular formula is C13H17N3O2S. The highest BCUT2D eigenvalue weighted by Crippen LogP contribution is 2.24. The van der Waals surface area contributed by atoms with Crippen molar-refractivity contribution in [2.75, 3.05) is 24.2 Å². The molecule has 0 aromatic carbocycles. The summed E-state index contributed by atoms with van der Waals surface area (Å²) >= 11 is 0. The topological polar surface area (TPSA) is 74.1 Å². The van der Waals surface area contributed by atoms with Gasteiger partial charge in [-0.1, -0.05) is 0 Å². The van der Waals surface area contributed by atoms with Gasteiger partial charge in [-0.25, -0.2) is 13.4 Å². The summed E-state index contributed by atoms with van der Waals surface area (Å²) in [5.41, 5.74) is 1.21. The zero-order valence-corrected chi connectivity index (χ0v) is 11.7. The highest BCUT2D eigenvalue weighted by Gasteiger charge is 2.25. The van der Waals surface area contributed by atoms with E-state index in [9.17, 15) is 8.42 Å². The fraction of sp³-hybridized carbons (Fsp3) is 0.538. The zero-order valence-electron chi connectivity index (χ0n) is 10.9. The van der Waals surface area contributed by atoms with Crippen LogP contribution in [0.25, 0.3) is 0 Å². The first kappa shape index (κ1) is 13.8. The number of nitriles is 1. The van der Waals surface area contributed by atoms with E-state index in [-0.39, 0.29) is 5.25 Å². The molecule has 1 unspecified atom stereocenters. The van der Waals surface area contributed by atoms with E-state index < -0.39 is 9.84 Å². The molecule has 1 aliphatic heterocycles. The number of aromatic nitrogens is 1. The lowest BCUT2D eigenvalue weighted by Crippen LogP contribution is -2.27. The number of hydrogen-bond acceptors (Lipinski definition) is 5. The molecule has 5 nitrogen and oxygen atoms in total. The number of sulfone groups is 1. The average Bonchev–Trinajstić information content (AvgIpc) is 2.64. The van der Waals surface area contributed by atoms with Gasteiger partial charge in [-0.3, -0.25) is 0 Å². The molecule has 6 heteroatoms. The fourth-order valence-electron chi connectivity index (χ4n) is 2.47. The van der Waals surface area contributed by atoms with Gasteiger partial charge in [0.25, 0.3) is 0 Å². The first-order valence-corrected chi connectivity index (χ1v) is 8.27. The van der Waals surface area contributed by atoms with Crippen molar-refractivity contribution in [1.29, 1.82) is 5.26 Å². The van der Waals surface area contributed by atoms with Crippen LogP contribution in [0.15, 0.2) is 18.3 Å². The molecule has 1 aliphatic rings. The SMILES string of the molecule is CS(=O)(=O)C1CCCN(c2cccnc2C#N)CC1. The number of hydrogen-bond donors (Lipinski definition) is 0. The largest absolute Gasteiger partial charge is 0.369 e. The van der Waals surface area contributed by atoms with Gasteiger partial charge in [0, 0.05) is 25.5 Å². The summed E-state index contributed by atoms with van der Waals surface area (Å²) in [6.07, 6.45) is 5.02. The van der Waals surface area contributed by atoms with Gasteiger partial charge in [0.2, 0.25) is 0 Å². The van der Waals surface area contributed by atoms with Crippen LogP contribution in [0, 0.1) is 11.3 Å². The second-order valence-electron chi connectivity index (χ2n) is 4.85. The highest BCUT2D eigenvalue weighted by molar-refractivity contribution is 7.91. The quantitative estimate of drug-likeness (QED) is 0.817. The molecule has 1 atom stereocenters. The van der Waals surface area contributed by atoms with Gasteiger partial charge in [0.05, 0.1) is 10.9 Å². The summed E-state index contributed by atoms with van der Waals surface area (Å²) in [5.74, 6) is 0. The van der Waals surface area contributed by atoms with Crippen molar-refractivity contribution in [3.8, 4) is 6.07 Å². The minimum atomic E-state index is -2.98. The molecule has 0 amide bonds. The molecular weight excluding hydrogens is 262 g/mol. The minimum absolute atomic E-state index is 0.264. The third-order valence-corrected chi connectivity index (χ3v) is 5.20. The molecule has 1 aromatic rings. The lowest BCUT2D eigenvalue weighted by Gasteiger charge is -2.23. The van der Waals surface area contributed by atoms with Crippen molar-refractivity contribution < 1.29 is 8.42 Å². The summed E-state index contributed by atoms with van der Waals surface area (Å²) in [6, 6.07) is 5.75. The van der Waals surface area contributed by atoms with E-state index >= 15 is 0 Å². The standard InChI is InChI=1S/C13H17N3O2S/c1-19(17,18)11-4-3-8-16(9-6-11)13-5-2-7-15-12(13)10-14/h2,5,7,11H,3-4,6,8-9H2,1H3. The maximum absolute atomic E-state index is 11.6. The second-order valence-corrected chi connectivity index (χ2v) is 7.18. The molecule has 1 fully saturated rings. The summed E-state index contributed by atoms with van der Waals surface area (Å²) in [4.78, 5) is 6.12.